The highest BCUT2D eigenvalue weighted by Gasteiger charge is 2.25. The minimum Gasteiger partial charge on any atom is -0.497 e. The number of aliphatic hydroxyl groups excluding tert-OH is 1. The third-order valence-corrected chi connectivity index (χ3v) is 4.64. The number of likely N-dealkylation sites (tertiary alicyclic amines) is 1. The SMILES string of the molecule is COc1cc2c(c(CN3CCC(CO)CC3)c1)OC(C)C2. The number of hydrogen-bond donors (Lipinski definition) is 1. The third kappa shape index (κ3) is 3.16. The zero-order chi connectivity index (χ0) is 14.8. The number of benzene rings is 1. The number of nitrogens with zero attached hydrogens (tertiary/aromatic N) is 1. The Morgan fingerprint density at radius 3 is 2.76 bits per heavy atom. The van der Waals surface area contributed by atoms with Crippen LogP contribution in [0.3, 0.4) is 0 Å². The molecule has 1 aromatic rings. The second-order valence-corrected chi connectivity index (χ2v) is 6.31. The number of hydrogen-bond acceptors (Lipinski definition) is 4. The van der Waals surface area contributed by atoms with Crippen LogP contribution >= 0.6 is 0 Å². The standard InChI is InChI=1S/C17H25NO3/c1-12-7-14-8-16(20-2)9-15(17(14)21-12)10-18-5-3-13(11-19)4-6-18/h8-9,12-13,19H,3-7,10-11H2,1-2H3. The van der Waals surface area contributed by atoms with Crippen LogP contribution < -0.4 is 9.47 Å². The summed E-state index contributed by atoms with van der Waals surface area (Å²) in [6, 6.07) is 4.20. The molecule has 116 valence electrons. The fraction of sp³-hybridized carbons (Fsp3) is 0.647. The van der Waals surface area contributed by atoms with Gasteiger partial charge in [0, 0.05) is 30.7 Å². The van der Waals surface area contributed by atoms with Gasteiger partial charge in [0.15, 0.2) is 0 Å². The molecule has 2 heterocycles. The van der Waals surface area contributed by atoms with Gasteiger partial charge in [-0.05, 0) is 50.9 Å². The molecular weight excluding hydrogens is 266 g/mol. The third-order valence-electron chi connectivity index (χ3n) is 4.64. The molecule has 4 heteroatoms. The van der Waals surface area contributed by atoms with Gasteiger partial charge in [0.2, 0.25) is 0 Å². The van der Waals surface area contributed by atoms with Gasteiger partial charge in [0.1, 0.15) is 17.6 Å². The summed E-state index contributed by atoms with van der Waals surface area (Å²) >= 11 is 0. The van der Waals surface area contributed by atoms with E-state index in [0.717, 1.165) is 50.4 Å². The van der Waals surface area contributed by atoms with Gasteiger partial charge < -0.3 is 14.6 Å². The van der Waals surface area contributed by atoms with E-state index in [2.05, 4.69) is 24.0 Å². The highest BCUT2D eigenvalue weighted by atomic mass is 16.5. The summed E-state index contributed by atoms with van der Waals surface area (Å²) in [5, 5.41) is 9.24. The fourth-order valence-corrected chi connectivity index (χ4v) is 3.38. The van der Waals surface area contributed by atoms with E-state index in [1.54, 1.807) is 7.11 Å². The number of methoxy groups -OCH3 is 1. The first kappa shape index (κ1) is 14.7. The molecule has 1 fully saturated rings. The maximum atomic E-state index is 9.24. The molecule has 1 N–H and O–H groups in total. The second kappa shape index (κ2) is 6.24. The Kier molecular flexibility index (Phi) is 4.36. The Labute approximate surface area is 126 Å². The van der Waals surface area contributed by atoms with E-state index in [1.807, 2.05) is 0 Å². The number of rotatable bonds is 4. The van der Waals surface area contributed by atoms with Crippen molar-refractivity contribution in [3.05, 3.63) is 23.3 Å². The summed E-state index contributed by atoms with van der Waals surface area (Å²) in [5.41, 5.74) is 2.50. The quantitative estimate of drug-likeness (QED) is 0.923. The summed E-state index contributed by atoms with van der Waals surface area (Å²) in [4.78, 5) is 2.45. The molecule has 0 aliphatic carbocycles. The van der Waals surface area contributed by atoms with Crippen molar-refractivity contribution < 1.29 is 14.6 Å². The zero-order valence-electron chi connectivity index (χ0n) is 13.0. The monoisotopic (exact) mass is 291 g/mol. The largest absolute Gasteiger partial charge is 0.497 e. The van der Waals surface area contributed by atoms with E-state index < -0.39 is 0 Å². The topological polar surface area (TPSA) is 41.9 Å². The first-order chi connectivity index (χ1) is 10.2. The maximum Gasteiger partial charge on any atom is 0.127 e. The first-order valence-corrected chi connectivity index (χ1v) is 7.89. The van der Waals surface area contributed by atoms with Crippen LogP contribution in [-0.4, -0.2) is 42.9 Å². The predicted octanol–water partition coefficient (Wildman–Crippen LogP) is 2.22. The van der Waals surface area contributed by atoms with Crippen molar-refractivity contribution in [1.82, 2.24) is 4.90 Å². The van der Waals surface area contributed by atoms with Gasteiger partial charge in [-0.25, -0.2) is 0 Å². The summed E-state index contributed by atoms with van der Waals surface area (Å²) in [6.07, 6.45) is 3.39. The normalized spacial score (nSPS) is 22.9. The van der Waals surface area contributed by atoms with Crippen LogP contribution in [0.2, 0.25) is 0 Å². The second-order valence-electron chi connectivity index (χ2n) is 6.31. The Morgan fingerprint density at radius 1 is 1.33 bits per heavy atom. The Hall–Kier alpha value is -1.26. The van der Waals surface area contributed by atoms with Crippen LogP contribution in [-0.2, 0) is 13.0 Å². The highest BCUT2D eigenvalue weighted by molar-refractivity contribution is 5.49. The van der Waals surface area contributed by atoms with Crippen molar-refractivity contribution in [3.63, 3.8) is 0 Å². The predicted molar refractivity (Wildman–Crippen MR) is 81.9 cm³/mol. The highest BCUT2D eigenvalue weighted by Crippen LogP contribution is 2.37. The Balaban J connectivity index is 1.75. The van der Waals surface area contributed by atoms with Crippen molar-refractivity contribution in [2.75, 3.05) is 26.8 Å². The van der Waals surface area contributed by atoms with Crippen molar-refractivity contribution in [2.45, 2.75) is 38.8 Å². The molecule has 0 saturated carbocycles. The smallest absolute Gasteiger partial charge is 0.127 e. The molecular formula is C17H25NO3. The molecule has 1 aromatic carbocycles. The van der Waals surface area contributed by atoms with Gasteiger partial charge in [-0.2, -0.15) is 0 Å². The van der Waals surface area contributed by atoms with Crippen LogP contribution in [0.4, 0.5) is 0 Å². The minimum absolute atomic E-state index is 0.256. The van der Waals surface area contributed by atoms with Crippen LogP contribution in [0.25, 0.3) is 0 Å². The van der Waals surface area contributed by atoms with Gasteiger partial charge in [0.05, 0.1) is 7.11 Å². The van der Waals surface area contributed by atoms with Crippen LogP contribution in [0.1, 0.15) is 30.9 Å². The molecule has 0 bridgehead atoms. The molecule has 1 atom stereocenters. The molecule has 1 saturated heterocycles. The number of aliphatic hydroxyl groups is 1. The van der Waals surface area contributed by atoms with E-state index in [0.29, 0.717) is 12.5 Å². The Morgan fingerprint density at radius 2 is 2.10 bits per heavy atom. The van der Waals surface area contributed by atoms with Gasteiger partial charge in [-0.1, -0.05) is 0 Å². The molecule has 0 radical (unpaired) electrons. The average Bonchev–Trinajstić information content (AvgIpc) is 2.88. The lowest BCUT2D eigenvalue weighted by Crippen LogP contribution is -2.34. The summed E-state index contributed by atoms with van der Waals surface area (Å²) in [5.74, 6) is 2.47. The minimum atomic E-state index is 0.256. The maximum absolute atomic E-state index is 9.24. The van der Waals surface area contributed by atoms with Crippen LogP contribution in [0.15, 0.2) is 12.1 Å². The average molecular weight is 291 g/mol. The van der Waals surface area contributed by atoms with E-state index in [9.17, 15) is 5.11 Å². The zero-order valence-corrected chi connectivity index (χ0v) is 13.0. The molecule has 3 rings (SSSR count). The lowest BCUT2D eigenvalue weighted by molar-refractivity contribution is 0.126. The number of piperidine rings is 1. The van der Waals surface area contributed by atoms with Gasteiger partial charge in [0.25, 0.3) is 0 Å². The van der Waals surface area contributed by atoms with E-state index >= 15 is 0 Å². The van der Waals surface area contributed by atoms with Crippen LogP contribution in [0, 0.1) is 5.92 Å². The van der Waals surface area contributed by atoms with Gasteiger partial charge >= 0.3 is 0 Å². The van der Waals surface area contributed by atoms with Crippen molar-refractivity contribution in [2.24, 2.45) is 5.92 Å². The molecule has 1 unspecified atom stereocenters. The van der Waals surface area contributed by atoms with E-state index in [1.165, 1.54) is 11.1 Å². The molecule has 0 amide bonds. The summed E-state index contributed by atoms with van der Waals surface area (Å²) in [7, 11) is 1.72. The molecule has 4 nitrogen and oxygen atoms in total. The van der Waals surface area contributed by atoms with Crippen molar-refractivity contribution in [1.29, 1.82) is 0 Å². The molecule has 0 aromatic heterocycles. The molecule has 2 aliphatic rings. The number of ether oxygens (including phenoxy) is 2. The Bertz CT molecular complexity index is 495. The molecule has 2 aliphatic heterocycles. The first-order valence-electron chi connectivity index (χ1n) is 7.89. The molecule has 21 heavy (non-hydrogen) atoms. The lowest BCUT2D eigenvalue weighted by atomic mass is 9.97. The van der Waals surface area contributed by atoms with E-state index in [4.69, 9.17) is 9.47 Å². The van der Waals surface area contributed by atoms with Gasteiger partial charge in [-0.15, -0.1) is 0 Å². The van der Waals surface area contributed by atoms with Gasteiger partial charge in [-0.3, -0.25) is 4.90 Å². The van der Waals surface area contributed by atoms with E-state index in [-0.39, 0.29) is 6.10 Å². The molecule has 0 spiro atoms. The fourth-order valence-electron chi connectivity index (χ4n) is 3.38. The van der Waals surface area contributed by atoms with Crippen molar-refractivity contribution >= 4 is 0 Å². The summed E-state index contributed by atoms with van der Waals surface area (Å²) < 4.78 is 11.4. The lowest BCUT2D eigenvalue weighted by Gasteiger charge is -2.31. The number of fused-ring (bicyclic) bond motifs is 1. The van der Waals surface area contributed by atoms with Crippen molar-refractivity contribution in [3.8, 4) is 11.5 Å². The van der Waals surface area contributed by atoms with Crippen LogP contribution in [0.5, 0.6) is 11.5 Å². The summed E-state index contributed by atoms with van der Waals surface area (Å²) in [6.45, 7) is 5.44.